The van der Waals surface area contributed by atoms with Crippen LogP contribution in [0.25, 0.3) is 0 Å². The van der Waals surface area contributed by atoms with Crippen molar-refractivity contribution in [1.29, 1.82) is 0 Å². The third kappa shape index (κ3) is 3.75. The zero-order valence-corrected chi connectivity index (χ0v) is 7.93. The lowest BCUT2D eigenvalue weighted by Crippen LogP contribution is -2.42. The average molecular weight is 239 g/mol. The molecule has 6 nitrogen and oxygen atoms in total. The van der Waals surface area contributed by atoms with Crippen molar-refractivity contribution in [2.45, 2.75) is 6.18 Å². The molecule has 4 amide bonds. The largest absolute Gasteiger partial charge is 0.405 e. The number of carbonyl (C=O) groups is 3. The highest BCUT2D eigenvalue weighted by Gasteiger charge is 2.31. The van der Waals surface area contributed by atoms with Gasteiger partial charge in [0.2, 0.25) is 11.8 Å². The van der Waals surface area contributed by atoms with E-state index in [-0.39, 0.29) is 6.54 Å². The fraction of sp³-hybridized carbons (Fsp3) is 0.571. The van der Waals surface area contributed by atoms with E-state index in [1.165, 1.54) is 0 Å². The lowest BCUT2D eigenvalue weighted by atomic mass is 10.5. The van der Waals surface area contributed by atoms with Gasteiger partial charge in [-0.05, 0) is 0 Å². The van der Waals surface area contributed by atoms with Gasteiger partial charge in [-0.2, -0.15) is 13.2 Å². The Balaban J connectivity index is 2.35. The maximum absolute atomic E-state index is 11.7. The van der Waals surface area contributed by atoms with Crippen LogP contribution in [0.5, 0.6) is 0 Å². The van der Waals surface area contributed by atoms with E-state index in [1.807, 2.05) is 5.32 Å². The van der Waals surface area contributed by atoms with E-state index in [0.29, 0.717) is 0 Å². The fourth-order valence-corrected chi connectivity index (χ4v) is 1.04. The first kappa shape index (κ1) is 12.3. The smallest absolute Gasteiger partial charge is 0.345 e. The van der Waals surface area contributed by atoms with Gasteiger partial charge >= 0.3 is 12.2 Å². The highest BCUT2D eigenvalue weighted by Crippen LogP contribution is 2.12. The number of alkyl halides is 3. The molecule has 0 radical (unpaired) electrons. The van der Waals surface area contributed by atoms with Gasteiger partial charge in [0, 0.05) is 0 Å². The Kier molecular flexibility index (Phi) is 3.35. The third-order valence-corrected chi connectivity index (χ3v) is 1.69. The molecule has 2 N–H and O–H groups in total. The van der Waals surface area contributed by atoms with E-state index in [2.05, 4.69) is 0 Å². The number of hydrogen-bond donors (Lipinski definition) is 2. The van der Waals surface area contributed by atoms with E-state index in [9.17, 15) is 27.6 Å². The van der Waals surface area contributed by atoms with Gasteiger partial charge in [-0.1, -0.05) is 0 Å². The molecule has 1 aliphatic rings. The Hall–Kier alpha value is -1.80. The number of amides is 4. The third-order valence-electron chi connectivity index (χ3n) is 1.69. The van der Waals surface area contributed by atoms with Gasteiger partial charge in [-0.15, -0.1) is 0 Å². The second-order valence-corrected chi connectivity index (χ2v) is 3.10. The minimum atomic E-state index is -4.50. The summed E-state index contributed by atoms with van der Waals surface area (Å²) in [5.74, 6) is -1.56. The van der Waals surface area contributed by atoms with E-state index in [4.69, 9.17) is 0 Å². The number of imide groups is 1. The molecule has 9 heteroatoms. The first-order valence-corrected chi connectivity index (χ1v) is 4.20. The molecule has 90 valence electrons. The van der Waals surface area contributed by atoms with Gasteiger partial charge in [0.1, 0.15) is 19.6 Å². The molecule has 16 heavy (non-hydrogen) atoms. The zero-order valence-electron chi connectivity index (χ0n) is 7.93. The summed E-state index contributed by atoms with van der Waals surface area (Å²) in [4.78, 5) is 33.4. The van der Waals surface area contributed by atoms with Gasteiger partial charge in [0.15, 0.2) is 0 Å². The van der Waals surface area contributed by atoms with Crippen molar-refractivity contribution in [2.24, 2.45) is 0 Å². The SMILES string of the molecule is O=C(CN1CC(=O)NC1=O)NCC(F)(F)F. The number of hydrogen-bond acceptors (Lipinski definition) is 3. The molecule has 0 aromatic heterocycles. The van der Waals surface area contributed by atoms with Gasteiger partial charge in [-0.3, -0.25) is 14.9 Å². The summed E-state index contributed by atoms with van der Waals surface area (Å²) in [5.41, 5.74) is 0. The predicted molar refractivity (Wildman–Crippen MR) is 44.2 cm³/mol. The number of nitrogens with zero attached hydrogens (tertiary/aromatic N) is 1. The van der Waals surface area contributed by atoms with Gasteiger partial charge in [0.25, 0.3) is 0 Å². The quantitative estimate of drug-likeness (QED) is 0.634. The molecule has 1 heterocycles. The van der Waals surface area contributed by atoms with Crippen molar-refractivity contribution >= 4 is 17.8 Å². The van der Waals surface area contributed by atoms with Gasteiger partial charge < -0.3 is 10.2 Å². The molecule has 1 saturated heterocycles. The first-order valence-electron chi connectivity index (χ1n) is 4.20. The molecule has 0 unspecified atom stereocenters. The molecule has 0 aromatic rings. The van der Waals surface area contributed by atoms with Crippen LogP contribution in [-0.4, -0.2) is 48.6 Å². The fourth-order valence-electron chi connectivity index (χ4n) is 1.04. The second-order valence-electron chi connectivity index (χ2n) is 3.10. The molecule has 0 aliphatic carbocycles. The normalized spacial score (nSPS) is 16.3. The van der Waals surface area contributed by atoms with Crippen LogP contribution >= 0.6 is 0 Å². The van der Waals surface area contributed by atoms with Crippen molar-refractivity contribution in [3.63, 3.8) is 0 Å². The number of carbonyl (C=O) groups excluding carboxylic acids is 3. The standard InChI is InChI=1S/C7H8F3N3O3/c8-7(9,10)3-11-4(14)1-13-2-5(15)12-6(13)16/h1-3H2,(H,11,14)(H,12,15,16). The molecule has 0 saturated carbocycles. The molecule has 0 spiro atoms. The minimum absolute atomic E-state index is 0.321. The van der Waals surface area contributed by atoms with Crippen LogP contribution in [-0.2, 0) is 9.59 Å². The monoisotopic (exact) mass is 239 g/mol. The summed E-state index contributed by atoms with van der Waals surface area (Å²) in [6.07, 6.45) is -4.50. The summed E-state index contributed by atoms with van der Waals surface area (Å²) in [6.45, 7) is -2.36. The molecule has 1 rings (SSSR count). The summed E-state index contributed by atoms with van der Waals surface area (Å²) >= 11 is 0. The first-order chi connectivity index (χ1) is 7.28. The molecular formula is C7H8F3N3O3. The number of nitrogens with one attached hydrogen (secondary N) is 2. The van der Waals surface area contributed by atoms with E-state index < -0.39 is 37.1 Å². The molecule has 0 aromatic carbocycles. The van der Waals surface area contributed by atoms with Crippen molar-refractivity contribution in [3.8, 4) is 0 Å². The van der Waals surface area contributed by atoms with Crippen molar-refractivity contribution in [2.75, 3.05) is 19.6 Å². The highest BCUT2D eigenvalue weighted by molar-refractivity contribution is 6.03. The summed E-state index contributed by atoms with van der Waals surface area (Å²) in [5, 5.41) is 3.48. The van der Waals surface area contributed by atoms with E-state index in [0.717, 1.165) is 4.90 Å². The zero-order chi connectivity index (χ0) is 12.3. The van der Waals surface area contributed by atoms with Crippen LogP contribution in [0.15, 0.2) is 0 Å². The topological polar surface area (TPSA) is 78.5 Å². The Labute approximate surface area is 87.8 Å². The van der Waals surface area contributed by atoms with Crippen molar-refractivity contribution < 1.29 is 27.6 Å². The Morgan fingerprint density at radius 3 is 2.50 bits per heavy atom. The average Bonchev–Trinajstić information content (AvgIpc) is 2.41. The van der Waals surface area contributed by atoms with Crippen LogP contribution in [0.1, 0.15) is 0 Å². The number of rotatable bonds is 3. The Morgan fingerprint density at radius 2 is 2.06 bits per heavy atom. The molecule has 1 fully saturated rings. The van der Waals surface area contributed by atoms with Crippen LogP contribution in [0.4, 0.5) is 18.0 Å². The summed E-state index contributed by atoms with van der Waals surface area (Å²) < 4.78 is 35.1. The molecule has 0 atom stereocenters. The second kappa shape index (κ2) is 4.37. The molecule has 1 aliphatic heterocycles. The van der Waals surface area contributed by atoms with Crippen LogP contribution in [0, 0.1) is 0 Å². The lowest BCUT2D eigenvalue weighted by molar-refractivity contribution is -0.138. The summed E-state index contributed by atoms with van der Waals surface area (Å²) in [6, 6.07) is -0.785. The minimum Gasteiger partial charge on any atom is -0.345 e. The maximum atomic E-state index is 11.7. The van der Waals surface area contributed by atoms with Crippen molar-refractivity contribution in [3.05, 3.63) is 0 Å². The number of halogens is 3. The maximum Gasteiger partial charge on any atom is 0.405 e. The molecule has 0 bridgehead atoms. The Morgan fingerprint density at radius 1 is 1.44 bits per heavy atom. The lowest BCUT2D eigenvalue weighted by Gasteiger charge is -2.13. The number of urea groups is 1. The van der Waals surface area contributed by atoms with Crippen molar-refractivity contribution in [1.82, 2.24) is 15.5 Å². The van der Waals surface area contributed by atoms with Crippen LogP contribution in [0.3, 0.4) is 0 Å². The van der Waals surface area contributed by atoms with Crippen LogP contribution in [0.2, 0.25) is 0 Å². The van der Waals surface area contributed by atoms with Gasteiger partial charge in [0.05, 0.1) is 0 Å². The van der Waals surface area contributed by atoms with E-state index in [1.54, 1.807) is 5.32 Å². The Bertz CT molecular complexity index is 329. The van der Waals surface area contributed by atoms with Gasteiger partial charge in [-0.25, -0.2) is 4.79 Å². The van der Waals surface area contributed by atoms with Crippen LogP contribution < -0.4 is 10.6 Å². The highest BCUT2D eigenvalue weighted by atomic mass is 19.4. The summed E-state index contributed by atoms with van der Waals surface area (Å²) in [7, 11) is 0. The van der Waals surface area contributed by atoms with E-state index >= 15 is 0 Å². The molecular weight excluding hydrogens is 231 g/mol. The predicted octanol–water partition coefficient (Wildman–Crippen LogP) is -0.783.